The van der Waals surface area contributed by atoms with Crippen LogP contribution in [0.1, 0.15) is 28.8 Å². The van der Waals surface area contributed by atoms with E-state index in [2.05, 4.69) is 4.74 Å². The zero-order chi connectivity index (χ0) is 12.1. The van der Waals surface area contributed by atoms with Crippen LogP contribution in [-0.4, -0.2) is 26.3 Å². The maximum Gasteiger partial charge on any atom is 0.337 e. The van der Waals surface area contributed by atoms with Crippen molar-refractivity contribution in [2.75, 3.05) is 20.3 Å². The summed E-state index contributed by atoms with van der Waals surface area (Å²) >= 11 is 0. The lowest BCUT2D eigenvalue weighted by molar-refractivity contribution is 0.0600. The number of benzene rings is 1. The molecule has 0 atom stereocenters. The minimum Gasteiger partial charge on any atom is -0.465 e. The molecule has 0 bridgehead atoms. The second-order valence-corrected chi connectivity index (χ2v) is 4.45. The first-order valence-corrected chi connectivity index (χ1v) is 6.04. The molecule has 2 rings (SSSR count). The fourth-order valence-corrected chi connectivity index (χ4v) is 2.18. The van der Waals surface area contributed by atoms with Crippen molar-refractivity contribution in [2.24, 2.45) is 5.92 Å². The molecule has 1 aromatic carbocycles. The molecule has 0 spiro atoms. The van der Waals surface area contributed by atoms with Gasteiger partial charge in [0.1, 0.15) is 0 Å². The van der Waals surface area contributed by atoms with Crippen LogP contribution >= 0.6 is 0 Å². The zero-order valence-electron chi connectivity index (χ0n) is 10.1. The van der Waals surface area contributed by atoms with Crippen molar-refractivity contribution in [3.05, 3.63) is 35.4 Å². The van der Waals surface area contributed by atoms with Gasteiger partial charge in [0.2, 0.25) is 0 Å². The van der Waals surface area contributed by atoms with Crippen LogP contribution < -0.4 is 0 Å². The van der Waals surface area contributed by atoms with Gasteiger partial charge in [-0.3, -0.25) is 0 Å². The standard InChI is InChI=1S/C14H18O3/c1-16-14(15)13-4-2-11(3-5-13)10-12-6-8-17-9-7-12/h2-5,12H,6-10H2,1H3. The second kappa shape index (κ2) is 5.82. The van der Waals surface area contributed by atoms with Crippen LogP contribution in [0.4, 0.5) is 0 Å². The molecular formula is C14H18O3. The highest BCUT2D eigenvalue weighted by molar-refractivity contribution is 5.89. The van der Waals surface area contributed by atoms with Gasteiger partial charge in [-0.25, -0.2) is 4.79 Å². The summed E-state index contributed by atoms with van der Waals surface area (Å²) in [4.78, 5) is 11.3. The fourth-order valence-electron chi connectivity index (χ4n) is 2.18. The molecule has 0 aliphatic carbocycles. The Morgan fingerprint density at radius 1 is 1.29 bits per heavy atom. The van der Waals surface area contributed by atoms with E-state index in [-0.39, 0.29) is 5.97 Å². The van der Waals surface area contributed by atoms with E-state index in [1.165, 1.54) is 12.7 Å². The van der Waals surface area contributed by atoms with Crippen LogP contribution in [0, 0.1) is 5.92 Å². The summed E-state index contributed by atoms with van der Waals surface area (Å²) in [6, 6.07) is 7.70. The second-order valence-electron chi connectivity index (χ2n) is 4.45. The third-order valence-electron chi connectivity index (χ3n) is 3.24. The summed E-state index contributed by atoms with van der Waals surface area (Å²) < 4.78 is 10.0. The maximum atomic E-state index is 11.3. The molecule has 1 aliphatic heterocycles. The topological polar surface area (TPSA) is 35.5 Å². The first-order chi connectivity index (χ1) is 8.29. The molecule has 1 saturated heterocycles. The van der Waals surface area contributed by atoms with Crippen LogP contribution in [0.25, 0.3) is 0 Å². The fraction of sp³-hybridized carbons (Fsp3) is 0.500. The van der Waals surface area contributed by atoms with Crippen LogP contribution in [0.5, 0.6) is 0 Å². The third-order valence-corrected chi connectivity index (χ3v) is 3.24. The third kappa shape index (κ3) is 3.30. The normalized spacial score (nSPS) is 16.8. The lowest BCUT2D eigenvalue weighted by Gasteiger charge is -2.21. The smallest absolute Gasteiger partial charge is 0.337 e. The van der Waals surface area contributed by atoms with Gasteiger partial charge < -0.3 is 9.47 Å². The highest BCUT2D eigenvalue weighted by Gasteiger charge is 2.14. The molecule has 3 nitrogen and oxygen atoms in total. The lowest BCUT2D eigenvalue weighted by atomic mass is 9.92. The molecule has 0 radical (unpaired) electrons. The summed E-state index contributed by atoms with van der Waals surface area (Å²) in [6.07, 6.45) is 3.35. The highest BCUT2D eigenvalue weighted by atomic mass is 16.5. The number of hydrogen-bond donors (Lipinski definition) is 0. The molecule has 1 fully saturated rings. The van der Waals surface area contributed by atoms with Crippen LogP contribution in [0.3, 0.4) is 0 Å². The Labute approximate surface area is 102 Å². The number of methoxy groups -OCH3 is 1. The Hall–Kier alpha value is -1.35. The highest BCUT2D eigenvalue weighted by Crippen LogP contribution is 2.20. The van der Waals surface area contributed by atoms with E-state index in [4.69, 9.17) is 4.74 Å². The molecule has 1 aliphatic rings. The Bertz CT molecular complexity index is 364. The average Bonchev–Trinajstić information content (AvgIpc) is 2.40. The predicted octanol–water partition coefficient (Wildman–Crippen LogP) is 2.44. The van der Waals surface area contributed by atoms with Crippen LogP contribution in [-0.2, 0) is 15.9 Å². The van der Waals surface area contributed by atoms with Crippen LogP contribution in [0.15, 0.2) is 24.3 Å². The minimum absolute atomic E-state index is 0.275. The van der Waals surface area contributed by atoms with E-state index in [9.17, 15) is 4.79 Å². The zero-order valence-corrected chi connectivity index (χ0v) is 10.1. The van der Waals surface area contributed by atoms with Gasteiger partial charge in [-0.15, -0.1) is 0 Å². The van der Waals surface area contributed by atoms with Crippen molar-refractivity contribution in [1.82, 2.24) is 0 Å². The van der Waals surface area contributed by atoms with Gasteiger partial charge in [0.15, 0.2) is 0 Å². The number of rotatable bonds is 3. The molecule has 0 aromatic heterocycles. The first kappa shape index (κ1) is 12.1. The number of carbonyl (C=O) groups is 1. The monoisotopic (exact) mass is 234 g/mol. The Morgan fingerprint density at radius 2 is 1.94 bits per heavy atom. The molecule has 0 amide bonds. The Morgan fingerprint density at radius 3 is 2.53 bits per heavy atom. The molecule has 1 aromatic rings. The molecule has 1 heterocycles. The first-order valence-electron chi connectivity index (χ1n) is 6.04. The maximum absolute atomic E-state index is 11.3. The Balaban J connectivity index is 1.95. The van der Waals surface area contributed by atoms with Gasteiger partial charge in [-0.1, -0.05) is 12.1 Å². The average molecular weight is 234 g/mol. The van der Waals surface area contributed by atoms with Gasteiger partial charge in [-0.2, -0.15) is 0 Å². The van der Waals surface area contributed by atoms with Gasteiger partial charge in [0.05, 0.1) is 12.7 Å². The summed E-state index contributed by atoms with van der Waals surface area (Å²) in [5, 5.41) is 0. The van der Waals surface area contributed by atoms with Crippen molar-refractivity contribution in [3.8, 4) is 0 Å². The molecule has 3 heteroatoms. The van der Waals surface area contributed by atoms with E-state index in [1.807, 2.05) is 24.3 Å². The number of esters is 1. The number of ether oxygens (including phenoxy) is 2. The summed E-state index contributed by atoms with van der Waals surface area (Å²) in [5.41, 5.74) is 1.90. The van der Waals surface area contributed by atoms with Crippen molar-refractivity contribution in [1.29, 1.82) is 0 Å². The largest absolute Gasteiger partial charge is 0.465 e. The van der Waals surface area contributed by atoms with Crippen molar-refractivity contribution in [3.63, 3.8) is 0 Å². The quantitative estimate of drug-likeness (QED) is 0.753. The molecular weight excluding hydrogens is 216 g/mol. The SMILES string of the molecule is COC(=O)c1ccc(CC2CCOCC2)cc1. The van der Waals surface area contributed by atoms with Gasteiger partial charge in [0.25, 0.3) is 0 Å². The molecule has 0 N–H and O–H groups in total. The summed E-state index contributed by atoms with van der Waals surface area (Å²) in [6.45, 7) is 1.76. The summed E-state index contributed by atoms with van der Waals surface area (Å²) in [7, 11) is 1.40. The van der Waals surface area contributed by atoms with E-state index in [0.717, 1.165) is 32.5 Å². The molecule has 0 saturated carbocycles. The van der Waals surface area contributed by atoms with E-state index < -0.39 is 0 Å². The van der Waals surface area contributed by atoms with Gasteiger partial charge in [-0.05, 0) is 42.9 Å². The van der Waals surface area contributed by atoms with Crippen molar-refractivity contribution < 1.29 is 14.3 Å². The van der Waals surface area contributed by atoms with Crippen molar-refractivity contribution >= 4 is 5.97 Å². The minimum atomic E-state index is -0.275. The molecule has 92 valence electrons. The predicted molar refractivity (Wildman–Crippen MR) is 65.0 cm³/mol. The van der Waals surface area contributed by atoms with E-state index >= 15 is 0 Å². The van der Waals surface area contributed by atoms with E-state index in [0.29, 0.717) is 11.5 Å². The molecule has 17 heavy (non-hydrogen) atoms. The molecule has 0 unspecified atom stereocenters. The summed E-state index contributed by atoms with van der Waals surface area (Å²) in [5.74, 6) is 0.440. The number of carbonyl (C=O) groups excluding carboxylic acids is 1. The van der Waals surface area contributed by atoms with E-state index in [1.54, 1.807) is 0 Å². The Kier molecular flexibility index (Phi) is 4.15. The lowest BCUT2D eigenvalue weighted by Crippen LogP contribution is -2.17. The van der Waals surface area contributed by atoms with Crippen molar-refractivity contribution in [2.45, 2.75) is 19.3 Å². The number of hydrogen-bond acceptors (Lipinski definition) is 3. The van der Waals surface area contributed by atoms with Gasteiger partial charge >= 0.3 is 5.97 Å². The van der Waals surface area contributed by atoms with Crippen LogP contribution in [0.2, 0.25) is 0 Å². The van der Waals surface area contributed by atoms with Gasteiger partial charge in [0, 0.05) is 13.2 Å².